The zero-order valence-electron chi connectivity index (χ0n) is 10.6. The molecule has 0 aliphatic heterocycles. The Bertz CT molecular complexity index is 677. The van der Waals surface area contributed by atoms with Crippen LogP contribution < -0.4 is 4.72 Å². The molecule has 1 aromatic rings. The summed E-state index contributed by atoms with van der Waals surface area (Å²) in [7, 11) is -4.29. The molecule has 0 unspecified atom stereocenters. The van der Waals surface area contributed by atoms with Crippen LogP contribution in [0, 0.1) is 5.92 Å². The smallest absolute Gasteiger partial charge is 0.371 e. The molecule has 0 saturated heterocycles. The van der Waals surface area contributed by atoms with Gasteiger partial charge in [0.25, 0.3) is 0 Å². The third-order valence-corrected chi connectivity index (χ3v) is 4.89. The first kappa shape index (κ1) is 15.8. The highest BCUT2D eigenvalue weighted by Crippen LogP contribution is 2.34. The molecule has 0 spiro atoms. The highest BCUT2D eigenvalue weighted by atomic mass is 35.5. The molecule has 8 nitrogen and oxygen atoms in total. The fourth-order valence-corrected chi connectivity index (χ4v) is 3.43. The average Bonchev–Trinajstić information content (AvgIpc) is 3.07. The Labute approximate surface area is 124 Å². The molecule has 2 rings (SSSR count). The molecule has 1 saturated carbocycles. The molecule has 1 atom stereocenters. The van der Waals surface area contributed by atoms with Crippen LogP contribution in [0.25, 0.3) is 0 Å². The Morgan fingerprint density at radius 2 is 2.05 bits per heavy atom. The summed E-state index contributed by atoms with van der Waals surface area (Å²) in [6.07, 6.45) is 1.90. The molecule has 1 aliphatic carbocycles. The van der Waals surface area contributed by atoms with E-state index in [-0.39, 0.29) is 12.3 Å². The van der Waals surface area contributed by atoms with Crippen molar-refractivity contribution in [3.05, 3.63) is 17.0 Å². The Morgan fingerprint density at radius 1 is 1.43 bits per heavy atom. The number of carboxylic acid groups (broad SMARTS) is 2. The second-order valence-corrected chi connectivity index (χ2v) is 6.77. The summed E-state index contributed by atoms with van der Waals surface area (Å²) in [6, 6.07) is -0.551. The summed E-state index contributed by atoms with van der Waals surface area (Å²) in [5.41, 5.74) is 0. The van der Waals surface area contributed by atoms with Crippen molar-refractivity contribution in [2.24, 2.45) is 5.92 Å². The first-order chi connectivity index (χ1) is 9.70. The standard InChI is InChI=1S/C11H12ClNO7S/c12-9-8(4-7(20-9)11(16)17)21(18,19)13-6(10(14)15)3-5-1-2-5/h4-6,13H,1-3H2,(H,14,15)(H,16,17)/t6-/m0/s1. The van der Waals surface area contributed by atoms with Gasteiger partial charge in [0, 0.05) is 6.07 Å². The minimum absolute atomic E-state index is 0.176. The number of furan rings is 1. The Kier molecular flexibility index (Phi) is 4.26. The van der Waals surface area contributed by atoms with E-state index in [1.165, 1.54) is 0 Å². The topological polar surface area (TPSA) is 134 Å². The molecule has 1 aromatic heterocycles. The number of aliphatic carboxylic acids is 1. The second kappa shape index (κ2) is 5.66. The molecular formula is C11H12ClNO7S. The van der Waals surface area contributed by atoms with E-state index in [0.717, 1.165) is 18.9 Å². The lowest BCUT2D eigenvalue weighted by Crippen LogP contribution is -2.41. The van der Waals surface area contributed by atoms with Gasteiger partial charge in [-0.05, 0) is 23.9 Å². The molecule has 0 radical (unpaired) electrons. The van der Waals surface area contributed by atoms with Crippen molar-refractivity contribution < 1.29 is 32.6 Å². The lowest BCUT2D eigenvalue weighted by atomic mass is 10.1. The van der Waals surface area contributed by atoms with E-state index in [4.69, 9.17) is 21.8 Å². The highest BCUT2D eigenvalue weighted by Gasteiger charge is 2.34. The van der Waals surface area contributed by atoms with Crippen LogP contribution >= 0.6 is 11.6 Å². The van der Waals surface area contributed by atoms with Crippen LogP contribution in [0.2, 0.25) is 5.22 Å². The maximum atomic E-state index is 12.1. The van der Waals surface area contributed by atoms with E-state index < -0.39 is 43.9 Å². The van der Waals surface area contributed by atoms with E-state index in [2.05, 4.69) is 4.42 Å². The average molecular weight is 338 g/mol. The second-order valence-electron chi connectivity index (χ2n) is 4.74. The van der Waals surface area contributed by atoms with Gasteiger partial charge in [0.05, 0.1) is 0 Å². The number of carboxylic acids is 2. The van der Waals surface area contributed by atoms with Crippen molar-refractivity contribution in [1.29, 1.82) is 0 Å². The number of sulfonamides is 1. The molecule has 1 heterocycles. The summed E-state index contributed by atoms with van der Waals surface area (Å²) in [4.78, 5) is 21.2. The van der Waals surface area contributed by atoms with Crippen molar-refractivity contribution in [1.82, 2.24) is 4.72 Å². The van der Waals surface area contributed by atoms with Crippen LogP contribution in [0.15, 0.2) is 15.4 Å². The molecule has 116 valence electrons. The van der Waals surface area contributed by atoms with E-state index in [0.29, 0.717) is 0 Å². The van der Waals surface area contributed by atoms with Crippen LogP contribution in [0.5, 0.6) is 0 Å². The van der Waals surface area contributed by atoms with Gasteiger partial charge in [0.1, 0.15) is 10.9 Å². The Balaban J connectivity index is 2.23. The number of rotatable bonds is 7. The van der Waals surface area contributed by atoms with Crippen molar-refractivity contribution in [3.63, 3.8) is 0 Å². The van der Waals surface area contributed by atoms with E-state index in [1.54, 1.807) is 0 Å². The molecule has 10 heteroatoms. The van der Waals surface area contributed by atoms with Gasteiger partial charge in [-0.2, -0.15) is 4.72 Å². The summed E-state index contributed by atoms with van der Waals surface area (Å²) >= 11 is 5.56. The lowest BCUT2D eigenvalue weighted by Gasteiger charge is -2.13. The third-order valence-electron chi connectivity index (χ3n) is 3.02. The van der Waals surface area contributed by atoms with Gasteiger partial charge in [-0.1, -0.05) is 12.8 Å². The number of nitrogens with one attached hydrogen (secondary N) is 1. The van der Waals surface area contributed by atoms with Crippen molar-refractivity contribution in [2.75, 3.05) is 0 Å². The van der Waals surface area contributed by atoms with E-state index in [1.807, 2.05) is 4.72 Å². The summed E-state index contributed by atoms with van der Waals surface area (Å²) in [5.74, 6) is -3.24. The highest BCUT2D eigenvalue weighted by molar-refractivity contribution is 7.89. The Morgan fingerprint density at radius 3 is 2.48 bits per heavy atom. The van der Waals surface area contributed by atoms with Gasteiger partial charge in [0.15, 0.2) is 0 Å². The maximum Gasteiger partial charge on any atom is 0.371 e. The summed E-state index contributed by atoms with van der Waals surface area (Å²) in [5, 5.41) is 17.1. The zero-order chi connectivity index (χ0) is 15.8. The molecule has 1 aliphatic rings. The predicted molar refractivity (Wildman–Crippen MR) is 69.8 cm³/mol. The van der Waals surface area contributed by atoms with Gasteiger partial charge in [-0.25, -0.2) is 13.2 Å². The first-order valence-corrected chi connectivity index (χ1v) is 7.84. The number of halogens is 1. The number of hydrogen-bond acceptors (Lipinski definition) is 5. The van der Waals surface area contributed by atoms with Crippen molar-refractivity contribution in [3.8, 4) is 0 Å². The molecule has 1 fully saturated rings. The molecule has 0 bridgehead atoms. The maximum absolute atomic E-state index is 12.1. The normalized spacial score (nSPS) is 16.6. The van der Waals surface area contributed by atoms with Crippen molar-refractivity contribution in [2.45, 2.75) is 30.2 Å². The molecule has 0 amide bonds. The summed E-state index contributed by atoms with van der Waals surface area (Å²) < 4.78 is 30.8. The van der Waals surface area contributed by atoms with Crippen LogP contribution in [0.4, 0.5) is 0 Å². The molecule has 21 heavy (non-hydrogen) atoms. The van der Waals surface area contributed by atoms with E-state index >= 15 is 0 Å². The van der Waals surface area contributed by atoms with Gasteiger partial charge >= 0.3 is 11.9 Å². The molecule has 3 N–H and O–H groups in total. The minimum atomic E-state index is -4.29. The monoisotopic (exact) mass is 337 g/mol. The van der Waals surface area contributed by atoms with Crippen LogP contribution in [0.1, 0.15) is 29.8 Å². The SMILES string of the molecule is O=C(O)c1cc(S(=O)(=O)N[C@@H](CC2CC2)C(=O)O)c(Cl)o1. The first-order valence-electron chi connectivity index (χ1n) is 5.98. The zero-order valence-corrected chi connectivity index (χ0v) is 12.1. The van der Waals surface area contributed by atoms with E-state index in [9.17, 15) is 18.0 Å². The van der Waals surface area contributed by atoms with Gasteiger partial charge in [-0.3, -0.25) is 4.79 Å². The minimum Gasteiger partial charge on any atom is -0.480 e. The third kappa shape index (κ3) is 3.74. The number of carbonyl (C=O) groups is 2. The van der Waals surface area contributed by atoms with Crippen LogP contribution in [-0.4, -0.2) is 36.6 Å². The van der Waals surface area contributed by atoms with Crippen molar-refractivity contribution >= 4 is 33.6 Å². The summed E-state index contributed by atoms with van der Waals surface area (Å²) in [6.45, 7) is 0. The van der Waals surface area contributed by atoms with Crippen LogP contribution in [-0.2, 0) is 14.8 Å². The molecular weight excluding hydrogens is 326 g/mol. The van der Waals surface area contributed by atoms with Gasteiger partial charge in [-0.15, -0.1) is 0 Å². The Hall–Kier alpha value is -1.58. The predicted octanol–water partition coefficient (Wildman–Crippen LogP) is 1.16. The quantitative estimate of drug-likeness (QED) is 0.679. The fourth-order valence-electron chi connectivity index (χ4n) is 1.78. The fraction of sp³-hybridized carbons (Fsp3) is 0.455. The lowest BCUT2D eigenvalue weighted by molar-refractivity contribution is -0.139. The van der Waals surface area contributed by atoms with Gasteiger partial charge in [0.2, 0.25) is 21.0 Å². The largest absolute Gasteiger partial charge is 0.480 e. The molecule has 0 aromatic carbocycles. The number of aromatic carboxylic acids is 1. The van der Waals surface area contributed by atoms with Gasteiger partial charge < -0.3 is 14.6 Å². The number of hydrogen-bond donors (Lipinski definition) is 3. The van der Waals surface area contributed by atoms with Crippen LogP contribution in [0.3, 0.4) is 0 Å².